The third-order valence-electron chi connectivity index (χ3n) is 4.81. The molecule has 156 valence electrons. The maximum absolute atomic E-state index is 12.8. The molecule has 0 bridgehead atoms. The largest absolute Gasteiger partial charge is 0.485 e. The molecule has 2 N–H and O–H groups in total. The molecule has 0 radical (unpaired) electrons. The molecule has 0 atom stereocenters. The van der Waals surface area contributed by atoms with Crippen molar-refractivity contribution >= 4 is 15.9 Å². The average Bonchev–Trinajstić information content (AvgIpc) is 3.45. The third kappa shape index (κ3) is 3.89. The van der Waals surface area contributed by atoms with Crippen LogP contribution in [0.3, 0.4) is 0 Å². The number of hydrogen-bond acceptors (Lipinski definition) is 7. The van der Waals surface area contributed by atoms with Crippen molar-refractivity contribution in [3.63, 3.8) is 0 Å². The maximum Gasteiger partial charge on any atom is 0.252 e. The minimum atomic E-state index is -3.68. The molecular formula is C19H20N6O4S. The van der Waals surface area contributed by atoms with Crippen molar-refractivity contribution in [1.82, 2.24) is 24.5 Å². The fourth-order valence-electron chi connectivity index (χ4n) is 3.27. The zero-order chi connectivity index (χ0) is 21.1. The van der Waals surface area contributed by atoms with Crippen LogP contribution in [0.15, 0.2) is 53.4 Å². The summed E-state index contributed by atoms with van der Waals surface area (Å²) < 4.78 is 34.2. The fraction of sp³-hybridized carbons (Fsp3) is 0.263. The molecular weight excluding hydrogens is 408 g/mol. The first-order valence-electron chi connectivity index (χ1n) is 9.36. The highest BCUT2D eigenvalue weighted by atomic mass is 32.2. The van der Waals surface area contributed by atoms with Crippen LogP contribution in [0.25, 0.3) is 5.69 Å². The Hall–Kier alpha value is -3.31. The number of tetrazole rings is 1. The summed E-state index contributed by atoms with van der Waals surface area (Å²) in [4.78, 5) is 12.0. The van der Waals surface area contributed by atoms with Gasteiger partial charge in [0.25, 0.3) is 5.91 Å². The predicted molar refractivity (Wildman–Crippen MR) is 106 cm³/mol. The van der Waals surface area contributed by atoms with E-state index in [0.29, 0.717) is 18.9 Å². The van der Waals surface area contributed by atoms with Gasteiger partial charge in [-0.15, -0.1) is 5.10 Å². The fourth-order valence-corrected chi connectivity index (χ4v) is 4.82. The number of rotatable bonds is 7. The Bertz CT molecular complexity index is 1160. The van der Waals surface area contributed by atoms with Crippen molar-refractivity contribution in [2.45, 2.75) is 24.3 Å². The molecule has 11 heteroatoms. The predicted octanol–water partition coefficient (Wildman–Crippen LogP) is 1.12. The van der Waals surface area contributed by atoms with Crippen molar-refractivity contribution in [1.29, 1.82) is 0 Å². The molecule has 4 rings (SSSR count). The topological polar surface area (TPSA) is 133 Å². The Morgan fingerprint density at radius 1 is 1.10 bits per heavy atom. The van der Waals surface area contributed by atoms with Gasteiger partial charge in [0.1, 0.15) is 12.4 Å². The van der Waals surface area contributed by atoms with Gasteiger partial charge in [0, 0.05) is 13.1 Å². The van der Waals surface area contributed by atoms with Crippen molar-refractivity contribution in [2.24, 2.45) is 5.73 Å². The quantitative estimate of drug-likeness (QED) is 0.596. The van der Waals surface area contributed by atoms with E-state index in [1.807, 2.05) is 30.3 Å². The highest BCUT2D eigenvalue weighted by molar-refractivity contribution is 7.89. The van der Waals surface area contributed by atoms with Gasteiger partial charge in [-0.2, -0.15) is 8.99 Å². The van der Waals surface area contributed by atoms with E-state index in [-0.39, 0.29) is 22.8 Å². The van der Waals surface area contributed by atoms with Gasteiger partial charge >= 0.3 is 0 Å². The van der Waals surface area contributed by atoms with Crippen molar-refractivity contribution < 1.29 is 17.9 Å². The summed E-state index contributed by atoms with van der Waals surface area (Å²) in [6, 6.07) is 13.4. The standard InChI is InChI=1S/C19H20N6O4S/c20-19(26)16-12-15(30(27,28)24-10-4-5-11-24)8-9-17(16)29-13-18-21-22-23-25(18)14-6-2-1-3-7-14/h1-3,6-9,12H,4-5,10-11,13H2,(H2,20,26). The average molecular weight is 428 g/mol. The van der Waals surface area contributed by atoms with E-state index in [0.717, 1.165) is 18.5 Å². The van der Waals surface area contributed by atoms with Gasteiger partial charge in [-0.05, 0) is 53.6 Å². The minimum absolute atomic E-state index is 0.0136. The number of carbonyl (C=O) groups excluding carboxylic acids is 1. The number of hydrogen-bond donors (Lipinski definition) is 1. The lowest BCUT2D eigenvalue weighted by Gasteiger charge is -2.17. The van der Waals surface area contributed by atoms with E-state index in [1.165, 1.54) is 27.2 Å². The van der Waals surface area contributed by atoms with Crippen LogP contribution >= 0.6 is 0 Å². The number of sulfonamides is 1. The SMILES string of the molecule is NC(=O)c1cc(S(=O)(=O)N2CCCC2)ccc1OCc1nnnn1-c1ccccc1. The van der Waals surface area contributed by atoms with Crippen molar-refractivity contribution in [2.75, 3.05) is 13.1 Å². The number of aromatic nitrogens is 4. The van der Waals surface area contributed by atoms with Crippen LogP contribution in [0.4, 0.5) is 0 Å². The minimum Gasteiger partial charge on any atom is -0.485 e. The summed E-state index contributed by atoms with van der Waals surface area (Å²) in [7, 11) is -3.68. The molecule has 1 saturated heterocycles. The Morgan fingerprint density at radius 2 is 1.83 bits per heavy atom. The molecule has 1 aliphatic heterocycles. The van der Waals surface area contributed by atoms with Crippen LogP contribution in [0.1, 0.15) is 29.0 Å². The summed E-state index contributed by atoms with van der Waals surface area (Å²) in [5, 5.41) is 11.6. The van der Waals surface area contributed by atoms with E-state index < -0.39 is 15.9 Å². The van der Waals surface area contributed by atoms with Gasteiger partial charge in [0.2, 0.25) is 10.0 Å². The summed E-state index contributed by atoms with van der Waals surface area (Å²) in [5.74, 6) is -0.220. The number of nitrogens with zero attached hydrogens (tertiary/aromatic N) is 5. The van der Waals surface area contributed by atoms with Gasteiger partial charge in [-0.1, -0.05) is 18.2 Å². The highest BCUT2D eigenvalue weighted by Crippen LogP contribution is 2.27. The Kier molecular flexibility index (Phi) is 5.46. The number of para-hydroxylation sites is 1. The lowest BCUT2D eigenvalue weighted by atomic mass is 10.2. The molecule has 2 aromatic carbocycles. The van der Waals surface area contributed by atoms with Gasteiger partial charge < -0.3 is 10.5 Å². The first-order valence-corrected chi connectivity index (χ1v) is 10.8. The highest BCUT2D eigenvalue weighted by Gasteiger charge is 2.28. The number of benzene rings is 2. The Balaban J connectivity index is 1.58. The van der Waals surface area contributed by atoms with E-state index in [4.69, 9.17) is 10.5 Å². The summed E-state index contributed by atoms with van der Waals surface area (Å²) in [5.41, 5.74) is 6.21. The normalized spacial score (nSPS) is 14.7. The number of primary amides is 1. The second-order valence-electron chi connectivity index (χ2n) is 6.76. The second-order valence-corrected chi connectivity index (χ2v) is 8.70. The monoisotopic (exact) mass is 428 g/mol. The number of ether oxygens (including phenoxy) is 1. The lowest BCUT2D eigenvalue weighted by Crippen LogP contribution is -2.28. The molecule has 1 aliphatic rings. The Labute approximate surface area is 173 Å². The van der Waals surface area contributed by atoms with Gasteiger partial charge in [-0.25, -0.2) is 8.42 Å². The van der Waals surface area contributed by atoms with Crippen molar-refractivity contribution in [3.8, 4) is 11.4 Å². The van der Waals surface area contributed by atoms with Crippen LogP contribution in [0.2, 0.25) is 0 Å². The van der Waals surface area contributed by atoms with Gasteiger partial charge in [0.15, 0.2) is 5.82 Å². The van der Waals surface area contributed by atoms with Gasteiger partial charge in [-0.3, -0.25) is 4.79 Å². The van der Waals surface area contributed by atoms with Crippen molar-refractivity contribution in [3.05, 3.63) is 59.9 Å². The van der Waals surface area contributed by atoms with Crippen LogP contribution in [0.5, 0.6) is 5.75 Å². The Morgan fingerprint density at radius 3 is 2.53 bits per heavy atom. The molecule has 10 nitrogen and oxygen atoms in total. The molecule has 1 aromatic heterocycles. The summed E-state index contributed by atoms with van der Waals surface area (Å²) >= 11 is 0. The maximum atomic E-state index is 12.8. The van der Waals surface area contributed by atoms with E-state index >= 15 is 0 Å². The number of nitrogens with two attached hydrogens (primary N) is 1. The lowest BCUT2D eigenvalue weighted by molar-refractivity contribution is 0.0995. The zero-order valence-electron chi connectivity index (χ0n) is 16.0. The van der Waals surface area contributed by atoms with Crippen LogP contribution in [-0.2, 0) is 16.6 Å². The first kappa shape index (κ1) is 20.0. The molecule has 0 unspecified atom stereocenters. The zero-order valence-corrected chi connectivity index (χ0v) is 16.8. The molecule has 2 heterocycles. The molecule has 3 aromatic rings. The molecule has 1 fully saturated rings. The van der Waals surface area contributed by atoms with Crippen LogP contribution in [-0.4, -0.2) is 51.9 Å². The van der Waals surface area contributed by atoms with Gasteiger partial charge in [0.05, 0.1) is 16.1 Å². The number of amides is 1. The molecule has 0 aliphatic carbocycles. The van der Waals surface area contributed by atoms with Crippen LogP contribution < -0.4 is 10.5 Å². The molecule has 0 spiro atoms. The first-order chi connectivity index (χ1) is 14.5. The molecule has 1 amide bonds. The number of carbonyl (C=O) groups is 1. The van der Waals surface area contributed by atoms with Crippen LogP contribution in [0, 0.1) is 0 Å². The molecule has 30 heavy (non-hydrogen) atoms. The summed E-state index contributed by atoms with van der Waals surface area (Å²) in [6.07, 6.45) is 1.64. The third-order valence-corrected chi connectivity index (χ3v) is 6.71. The molecule has 0 saturated carbocycles. The second kappa shape index (κ2) is 8.20. The van der Waals surface area contributed by atoms with E-state index in [9.17, 15) is 13.2 Å². The van der Waals surface area contributed by atoms with E-state index in [1.54, 1.807) is 0 Å². The summed E-state index contributed by atoms with van der Waals surface area (Å²) in [6.45, 7) is 0.893. The smallest absolute Gasteiger partial charge is 0.252 e. The van der Waals surface area contributed by atoms with E-state index in [2.05, 4.69) is 15.5 Å².